The average molecular weight is 315 g/mol. The summed E-state index contributed by atoms with van der Waals surface area (Å²) >= 11 is 1.25. The molecule has 0 saturated carbocycles. The lowest BCUT2D eigenvalue weighted by Gasteiger charge is -2.22. The molecule has 1 aliphatic rings. The van der Waals surface area contributed by atoms with E-state index in [2.05, 4.69) is 23.0 Å². The van der Waals surface area contributed by atoms with Crippen molar-refractivity contribution in [1.29, 1.82) is 0 Å². The lowest BCUT2D eigenvalue weighted by atomic mass is 10.1. The Bertz CT molecular complexity index is 701. The van der Waals surface area contributed by atoms with E-state index in [0.29, 0.717) is 16.8 Å². The highest BCUT2D eigenvalue weighted by Gasteiger charge is 2.30. The van der Waals surface area contributed by atoms with Crippen LogP contribution in [0, 0.1) is 0 Å². The molecular weight excluding hydrogens is 298 g/mol. The second-order valence-electron chi connectivity index (χ2n) is 5.23. The molecule has 114 valence electrons. The van der Waals surface area contributed by atoms with Crippen LogP contribution in [0.5, 0.6) is 0 Å². The van der Waals surface area contributed by atoms with Gasteiger partial charge in [-0.25, -0.2) is 9.97 Å². The first-order valence-electron chi connectivity index (χ1n) is 6.97. The van der Waals surface area contributed by atoms with Crippen molar-refractivity contribution >= 4 is 35.0 Å². The number of aromatic nitrogens is 2. The molecule has 1 amide bonds. The van der Waals surface area contributed by atoms with Gasteiger partial charge in [-0.2, -0.15) is 0 Å². The zero-order valence-electron chi connectivity index (χ0n) is 12.2. The fourth-order valence-corrected chi connectivity index (χ4v) is 3.40. The lowest BCUT2D eigenvalue weighted by Crippen LogP contribution is -2.37. The normalized spacial score (nSPS) is 16.6. The SMILES string of the molecule is CC1Cc2ccccc2N1C(=O)CSc1nc(N)cc(N)n1. The molecule has 0 spiro atoms. The van der Waals surface area contributed by atoms with Gasteiger partial charge in [0.2, 0.25) is 5.91 Å². The van der Waals surface area contributed by atoms with Crippen LogP contribution in [0.25, 0.3) is 0 Å². The molecular formula is C15H17N5OS. The van der Waals surface area contributed by atoms with E-state index >= 15 is 0 Å². The molecule has 3 rings (SSSR count). The summed E-state index contributed by atoms with van der Waals surface area (Å²) in [5, 5.41) is 0.422. The minimum Gasteiger partial charge on any atom is -0.383 e. The lowest BCUT2D eigenvalue weighted by molar-refractivity contribution is -0.116. The van der Waals surface area contributed by atoms with E-state index < -0.39 is 0 Å². The van der Waals surface area contributed by atoms with Crippen LogP contribution < -0.4 is 16.4 Å². The van der Waals surface area contributed by atoms with Crippen LogP contribution in [-0.2, 0) is 11.2 Å². The summed E-state index contributed by atoms with van der Waals surface area (Å²) in [5.74, 6) is 0.901. The highest BCUT2D eigenvalue weighted by molar-refractivity contribution is 7.99. The van der Waals surface area contributed by atoms with E-state index in [-0.39, 0.29) is 17.7 Å². The Balaban J connectivity index is 1.72. The number of carbonyl (C=O) groups is 1. The average Bonchev–Trinajstić information content (AvgIpc) is 2.79. The molecule has 2 heterocycles. The summed E-state index contributed by atoms with van der Waals surface area (Å²) < 4.78 is 0. The molecule has 1 aliphatic heterocycles. The van der Waals surface area contributed by atoms with Crippen molar-refractivity contribution < 1.29 is 4.79 Å². The first-order chi connectivity index (χ1) is 10.5. The maximum atomic E-state index is 12.5. The predicted molar refractivity (Wildman–Crippen MR) is 88.7 cm³/mol. The summed E-state index contributed by atoms with van der Waals surface area (Å²) in [4.78, 5) is 22.5. The number of hydrogen-bond acceptors (Lipinski definition) is 6. The Labute approximate surface area is 132 Å². The van der Waals surface area contributed by atoms with Crippen LogP contribution in [0.3, 0.4) is 0 Å². The largest absolute Gasteiger partial charge is 0.383 e. The number of anilines is 3. The second kappa shape index (κ2) is 5.84. The fraction of sp³-hybridized carbons (Fsp3) is 0.267. The fourth-order valence-electron chi connectivity index (χ4n) is 2.67. The van der Waals surface area contributed by atoms with Gasteiger partial charge in [0.25, 0.3) is 0 Å². The molecule has 7 heteroatoms. The summed E-state index contributed by atoms with van der Waals surface area (Å²) in [6.07, 6.45) is 0.883. The zero-order valence-corrected chi connectivity index (χ0v) is 13.0. The Morgan fingerprint density at radius 1 is 1.32 bits per heavy atom. The standard InChI is InChI=1S/C15H17N5OS/c1-9-6-10-4-2-3-5-11(10)20(9)14(21)8-22-15-18-12(16)7-13(17)19-15/h2-5,7,9H,6,8H2,1H3,(H4,16,17,18,19). The number of para-hydroxylation sites is 1. The summed E-state index contributed by atoms with van der Waals surface area (Å²) in [7, 11) is 0. The van der Waals surface area contributed by atoms with Crippen LogP contribution in [0.15, 0.2) is 35.5 Å². The number of carbonyl (C=O) groups excluding carboxylic acids is 1. The number of amides is 1. The third-order valence-corrected chi connectivity index (χ3v) is 4.38. The Kier molecular flexibility index (Phi) is 3.89. The van der Waals surface area contributed by atoms with Crippen molar-refractivity contribution in [2.24, 2.45) is 0 Å². The first-order valence-corrected chi connectivity index (χ1v) is 7.96. The highest BCUT2D eigenvalue weighted by atomic mass is 32.2. The van der Waals surface area contributed by atoms with Crippen LogP contribution in [0.1, 0.15) is 12.5 Å². The summed E-state index contributed by atoms with van der Waals surface area (Å²) in [6, 6.07) is 9.65. The molecule has 1 atom stereocenters. The van der Waals surface area contributed by atoms with Crippen molar-refractivity contribution in [3.05, 3.63) is 35.9 Å². The van der Waals surface area contributed by atoms with E-state index in [4.69, 9.17) is 11.5 Å². The van der Waals surface area contributed by atoms with Crippen LogP contribution >= 0.6 is 11.8 Å². The number of hydrogen-bond donors (Lipinski definition) is 2. The number of benzene rings is 1. The minimum absolute atomic E-state index is 0.0343. The third-order valence-electron chi connectivity index (χ3n) is 3.55. The maximum Gasteiger partial charge on any atom is 0.237 e. The molecule has 2 aromatic rings. The molecule has 4 N–H and O–H groups in total. The van der Waals surface area contributed by atoms with E-state index in [1.54, 1.807) is 0 Å². The Hall–Kier alpha value is -2.28. The number of fused-ring (bicyclic) bond motifs is 1. The number of nitrogens with two attached hydrogens (primary N) is 2. The van der Waals surface area contributed by atoms with Crippen molar-refractivity contribution in [3.63, 3.8) is 0 Å². The van der Waals surface area contributed by atoms with Gasteiger partial charge in [0.1, 0.15) is 11.6 Å². The van der Waals surface area contributed by atoms with E-state index in [1.165, 1.54) is 23.4 Å². The number of nitrogen functional groups attached to an aromatic ring is 2. The van der Waals surface area contributed by atoms with Crippen LogP contribution in [0.2, 0.25) is 0 Å². The zero-order chi connectivity index (χ0) is 15.7. The van der Waals surface area contributed by atoms with Gasteiger partial charge in [0.15, 0.2) is 5.16 Å². The number of nitrogens with zero attached hydrogens (tertiary/aromatic N) is 3. The molecule has 6 nitrogen and oxygen atoms in total. The van der Waals surface area contributed by atoms with E-state index in [0.717, 1.165) is 12.1 Å². The molecule has 0 aliphatic carbocycles. The molecule has 1 aromatic heterocycles. The number of thioether (sulfide) groups is 1. The summed E-state index contributed by atoms with van der Waals surface area (Å²) in [6.45, 7) is 2.05. The van der Waals surface area contributed by atoms with Crippen LogP contribution in [0.4, 0.5) is 17.3 Å². The Morgan fingerprint density at radius 2 is 2.00 bits per heavy atom. The van der Waals surface area contributed by atoms with Gasteiger partial charge >= 0.3 is 0 Å². The summed E-state index contributed by atoms with van der Waals surface area (Å²) in [5.41, 5.74) is 13.5. The molecule has 0 fully saturated rings. The third kappa shape index (κ3) is 2.85. The second-order valence-corrected chi connectivity index (χ2v) is 6.18. The maximum absolute atomic E-state index is 12.5. The number of rotatable bonds is 3. The molecule has 0 saturated heterocycles. The van der Waals surface area contributed by atoms with Crippen molar-refractivity contribution in [2.75, 3.05) is 22.1 Å². The van der Waals surface area contributed by atoms with Crippen LogP contribution in [-0.4, -0.2) is 27.7 Å². The minimum atomic E-state index is 0.0343. The van der Waals surface area contributed by atoms with Crippen molar-refractivity contribution in [1.82, 2.24) is 9.97 Å². The predicted octanol–water partition coefficient (Wildman–Crippen LogP) is 1.71. The molecule has 0 radical (unpaired) electrons. The van der Waals surface area contributed by atoms with Gasteiger partial charge < -0.3 is 16.4 Å². The van der Waals surface area contributed by atoms with Gasteiger partial charge in [-0.1, -0.05) is 30.0 Å². The van der Waals surface area contributed by atoms with Gasteiger partial charge in [0.05, 0.1) is 5.75 Å². The van der Waals surface area contributed by atoms with Gasteiger partial charge in [-0.15, -0.1) is 0 Å². The van der Waals surface area contributed by atoms with Crippen molar-refractivity contribution in [2.45, 2.75) is 24.5 Å². The molecule has 1 unspecified atom stereocenters. The smallest absolute Gasteiger partial charge is 0.237 e. The van der Waals surface area contributed by atoms with E-state index in [1.807, 2.05) is 23.1 Å². The Morgan fingerprint density at radius 3 is 2.73 bits per heavy atom. The molecule has 0 bridgehead atoms. The first kappa shape index (κ1) is 14.6. The molecule has 22 heavy (non-hydrogen) atoms. The van der Waals surface area contributed by atoms with Gasteiger partial charge in [-0.3, -0.25) is 4.79 Å². The van der Waals surface area contributed by atoms with Gasteiger partial charge in [-0.05, 0) is 25.0 Å². The topological polar surface area (TPSA) is 98.1 Å². The highest BCUT2D eigenvalue weighted by Crippen LogP contribution is 2.32. The van der Waals surface area contributed by atoms with Crippen molar-refractivity contribution in [3.8, 4) is 0 Å². The van der Waals surface area contributed by atoms with Gasteiger partial charge in [0, 0.05) is 17.8 Å². The quantitative estimate of drug-likeness (QED) is 0.661. The van der Waals surface area contributed by atoms with E-state index in [9.17, 15) is 4.79 Å². The molecule has 1 aromatic carbocycles. The monoisotopic (exact) mass is 315 g/mol.